The Morgan fingerprint density at radius 1 is 1.24 bits per heavy atom. The van der Waals surface area contributed by atoms with Gasteiger partial charge in [-0.3, -0.25) is 14.4 Å². The number of likely N-dealkylation sites (tertiary alicyclic amines) is 1. The van der Waals surface area contributed by atoms with E-state index in [1.807, 2.05) is 0 Å². The Morgan fingerprint density at radius 2 is 1.93 bits per heavy atom. The number of benzene rings is 1. The highest BCUT2D eigenvalue weighted by Gasteiger charge is 2.37. The maximum atomic E-state index is 12.7. The first-order chi connectivity index (χ1) is 13.8. The van der Waals surface area contributed by atoms with Crippen LogP contribution in [0.25, 0.3) is 0 Å². The summed E-state index contributed by atoms with van der Waals surface area (Å²) in [6, 6.07) is 5.38. The lowest BCUT2D eigenvalue weighted by Gasteiger charge is -2.27. The monoisotopic (exact) mass is 405 g/mol. The molecule has 1 aromatic carbocycles. The second-order valence-corrected chi connectivity index (χ2v) is 6.61. The number of carbonyl (C=O) groups excluding carboxylic acids is 4. The number of aliphatic carboxylic acids is 1. The fourth-order valence-electron chi connectivity index (χ4n) is 3.02. The molecule has 10 nitrogen and oxygen atoms in total. The van der Waals surface area contributed by atoms with Crippen LogP contribution in [0.15, 0.2) is 30.3 Å². The molecular weight excluding hydrogens is 382 g/mol. The van der Waals surface area contributed by atoms with E-state index in [-0.39, 0.29) is 0 Å². The van der Waals surface area contributed by atoms with Crippen LogP contribution in [-0.2, 0) is 19.2 Å². The van der Waals surface area contributed by atoms with Crippen LogP contribution in [0, 0.1) is 0 Å². The van der Waals surface area contributed by atoms with E-state index >= 15 is 0 Å². The second kappa shape index (κ2) is 10.2. The summed E-state index contributed by atoms with van der Waals surface area (Å²) in [5.41, 5.74) is 0. The maximum absolute atomic E-state index is 12.7. The number of amides is 3. The predicted molar refractivity (Wildman–Crippen MR) is 100 cm³/mol. The van der Waals surface area contributed by atoms with Gasteiger partial charge >= 0.3 is 12.1 Å². The average molecular weight is 405 g/mol. The molecule has 3 N–H and O–H groups in total. The number of hydrogen-bond acceptors (Lipinski definition) is 6. The molecule has 1 fully saturated rings. The van der Waals surface area contributed by atoms with Gasteiger partial charge in [-0.25, -0.2) is 4.79 Å². The van der Waals surface area contributed by atoms with Crippen LogP contribution in [-0.4, -0.2) is 64.8 Å². The normalized spacial score (nSPS) is 17.7. The quantitative estimate of drug-likeness (QED) is 0.529. The summed E-state index contributed by atoms with van der Waals surface area (Å²) in [5.74, 6) is -1.99. The van der Waals surface area contributed by atoms with Crippen molar-refractivity contribution in [3.05, 3.63) is 30.3 Å². The van der Waals surface area contributed by atoms with E-state index in [4.69, 9.17) is 9.84 Å². The van der Waals surface area contributed by atoms with E-state index in [9.17, 15) is 24.0 Å². The molecule has 2 rings (SSSR count). The van der Waals surface area contributed by atoms with Gasteiger partial charge in [0.2, 0.25) is 11.8 Å². The zero-order valence-electron chi connectivity index (χ0n) is 15.9. The highest BCUT2D eigenvalue weighted by Crippen LogP contribution is 2.19. The van der Waals surface area contributed by atoms with E-state index in [2.05, 4.69) is 10.6 Å². The molecule has 29 heavy (non-hydrogen) atoms. The van der Waals surface area contributed by atoms with Gasteiger partial charge in [0.1, 0.15) is 24.1 Å². The molecule has 0 bridgehead atoms. The van der Waals surface area contributed by atoms with Crippen molar-refractivity contribution < 1.29 is 33.8 Å². The van der Waals surface area contributed by atoms with Gasteiger partial charge in [-0.1, -0.05) is 18.2 Å². The molecule has 0 radical (unpaired) electrons. The Balaban J connectivity index is 1.93. The summed E-state index contributed by atoms with van der Waals surface area (Å²) in [6.07, 6.45) is -0.0665. The van der Waals surface area contributed by atoms with Crippen LogP contribution >= 0.6 is 0 Å². The summed E-state index contributed by atoms with van der Waals surface area (Å²) >= 11 is 0. The summed E-state index contributed by atoms with van der Waals surface area (Å²) in [5, 5.41) is 13.5. The first kappa shape index (κ1) is 21.9. The van der Waals surface area contributed by atoms with Crippen molar-refractivity contribution in [1.29, 1.82) is 0 Å². The Bertz CT molecular complexity index is 768. The molecule has 1 aromatic rings. The van der Waals surface area contributed by atoms with Gasteiger partial charge in [0.05, 0.1) is 12.5 Å². The van der Waals surface area contributed by atoms with Crippen LogP contribution < -0.4 is 15.4 Å². The summed E-state index contributed by atoms with van der Waals surface area (Å²) in [7, 11) is 0. The zero-order valence-corrected chi connectivity index (χ0v) is 15.9. The van der Waals surface area contributed by atoms with Crippen molar-refractivity contribution in [2.75, 3.05) is 6.54 Å². The van der Waals surface area contributed by atoms with Gasteiger partial charge in [0.25, 0.3) is 0 Å². The van der Waals surface area contributed by atoms with Crippen LogP contribution in [0.3, 0.4) is 0 Å². The number of nitrogens with zero attached hydrogens (tertiary/aromatic N) is 1. The second-order valence-electron chi connectivity index (χ2n) is 6.61. The molecule has 10 heteroatoms. The van der Waals surface area contributed by atoms with Crippen LogP contribution in [0.5, 0.6) is 5.75 Å². The largest absolute Gasteiger partial charge is 0.481 e. The third kappa shape index (κ3) is 6.30. The molecule has 156 valence electrons. The minimum atomic E-state index is -1.23. The number of carbonyl (C=O) groups is 5. The number of nitrogens with one attached hydrogen (secondary N) is 2. The molecule has 0 aliphatic carbocycles. The fraction of sp³-hybridized carbons (Fsp3) is 0.421. The van der Waals surface area contributed by atoms with Gasteiger partial charge in [0.15, 0.2) is 0 Å². The van der Waals surface area contributed by atoms with Crippen molar-refractivity contribution >= 4 is 30.2 Å². The SMILES string of the molecule is C[C@H](NC(=O)Oc1ccccc1)C(=O)N1CCC[C@H]1C(=O)N[C@H](C=O)CC(=O)O. The molecule has 3 amide bonds. The third-order valence-corrected chi connectivity index (χ3v) is 4.38. The maximum Gasteiger partial charge on any atom is 0.413 e. The molecule has 1 heterocycles. The topological polar surface area (TPSA) is 142 Å². The van der Waals surface area contributed by atoms with Crippen molar-refractivity contribution in [2.45, 2.75) is 44.3 Å². The van der Waals surface area contributed by atoms with Crippen molar-refractivity contribution in [1.82, 2.24) is 15.5 Å². The molecule has 3 atom stereocenters. The van der Waals surface area contributed by atoms with Gasteiger partial charge in [-0.2, -0.15) is 0 Å². The van der Waals surface area contributed by atoms with E-state index in [0.717, 1.165) is 0 Å². The van der Waals surface area contributed by atoms with Crippen LogP contribution in [0.1, 0.15) is 26.2 Å². The standard InChI is InChI=1S/C19H23N3O7/c1-12(20-19(28)29-14-6-3-2-4-7-14)18(27)22-9-5-8-15(22)17(26)21-13(11-23)10-16(24)25/h2-4,6-7,11-13,15H,5,8-10H2,1H3,(H,20,28)(H,21,26)(H,24,25)/t12-,13-,15-/m0/s1. The fourth-order valence-corrected chi connectivity index (χ4v) is 3.02. The van der Waals surface area contributed by atoms with Crippen molar-refractivity contribution in [2.24, 2.45) is 0 Å². The average Bonchev–Trinajstić information content (AvgIpc) is 3.16. The predicted octanol–water partition coefficient (Wildman–Crippen LogP) is 0.313. The Hall–Kier alpha value is -3.43. The lowest BCUT2D eigenvalue weighted by atomic mass is 10.1. The molecule has 0 saturated carbocycles. The molecular formula is C19H23N3O7. The number of hydrogen-bond donors (Lipinski definition) is 3. The number of carboxylic acid groups (broad SMARTS) is 1. The summed E-state index contributed by atoms with van der Waals surface area (Å²) < 4.78 is 5.08. The molecule has 0 spiro atoms. The van der Waals surface area contributed by atoms with E-state index in [0.29, 0.717) is 31.4 Å². The Labute approximate surface area is 167 Å². The number of carboxylic acids is 1. The number of rotatable bonds is 8. The van der Waals surface area contributed by atoms with E-state index in [1.54, 1.807) is 30.3 Å². The first-order valence-corrected chi connectivity index (χ1v) is 9.13. The van der Waals surface area contributed by atoms with E-state index in [1.165, 1.54) is 11.8 Å². The summed E-state index contributed by atoms with van der Waals surface area (Å²) in [6.45, 7) is 1.78. The van der Waals surface area contributed by atoms with E-state index < -0.39 is 48.4 Å². The molecule has 1 saturated heterocycles. The minimum Gasteiger partial charge on any atom is -0.481 e. The van der Waals surface area contributed by atoms with Gasteiger partial charge in [0, 0.05) is 6.54 Å². The Morgan fingerprint density at radius 3 is 2.55 bits per heavy atom. The molecule has 0 aromatic heterocycles. The highest BCUT2D eigenvalue weighted by atomic mass is 16.6. The number of ether oxygens (including phenoxy) is 1. The van der Waals surface area contributed by atoms with Crippen molar-refractivity contribution in [3.8, 4) is 5.75 Å². The van der Waals surface area contributed by atoms with Gasteiger partial charge in [-0.15, -0.1) is 0 Å². The van der Waals surface area contributed by atoms with Crippen LogP contribution in [0.4, 0.5) is 4.79 Å². The highest BCUT2D eigenvalue weighted by molar-refractivity contribution is 5.93. The summed E-state index contributed by atoms with van der Waals surface area (Å²) in [4.78, 5) is 60.1. The lowest BCUT2D eigenvalue weighted by Crippen LogP contribution is -2.54. The number of aldehydes is 1. The van der Waals surface area contributed by atoms with Gasteiger partial charge in [-0.05, 0) is 31.9 Å². The van der Waals surface area contributed by atoms with Gasteiger partial charge < -0.3 is 30.2 Å². The smallest absolute Gasteiger partial charge is 0.413 e. The van der Waals surface area contributed by atoms with Crippen LogP contribution in [0.2, 0.25) is 0 Å². The first-order valence-electron chi connectivity index (χ1n) is 9.13. The molecule has 1 aliphatic rings. The Kier molecular flexibility index (Phi) is 7.70. The lowest BCUT2D eigenvalue weighted by molar-refractivity contribution is -0.141. The zero-order chi connectivity index (χ0) is 21.4. The number of para-hydroxylation sites is 1. The van der Waals surface area contributed by atoms with Crippen molar-refractivity contribution in [3.63, 3.8) is 0 Å². The third-order valence-electron chi connectivity index (χ3n) is 4.38. The molecule has 1 aliphatic heterocycles. The molecule has 0 unspecified atom stereocenters. The minimum absolute atomic E-state index is 0.307.